The van der Waals surface area contributed by atoms with Crippen molar-refractivity contribution in [1.29, 1.82) is 0 Å². The lowest BCUT2D eigenvalue weighted by Crippen LogP contribution is -2.29. The highest BCUT2D eigenvalue weighted by atomic mass is 32.2. The van der Waals surface area contributed by atoms with E-state index in [1.165, 1.54) is 6.07 Å². The van der Waals surface area contributed by atoms with E-state index >= 15 is 0 Å². The van der Waals surface area contributed by atoms with Crippen LogP contribution in [0, 0.1) is 27.7 Å². The Kier molecular flexibility index (Phi) is 12.5. The van der Waals surface area contributed by atoms with Crippen molar-refractivity contribution in [3.05, 3.63) is 173 Å². The third kappa shape index (κ3) is 9.12. The van der Waals surface area contributed by atoms with Crippen LogP contribution in [0.25, 0.3) is 33.4 Å². The predicted octanol–water partition coefficient (Wildman–Crippen LogP) is 11.9. The minimum Gasteiger partial charge on any atom is -0.508 e. The zero-order valence-corrected chi connectivity index (χ0v) is 37.3. The van der Waals surface area contributed by atoms with Gasteiger partial charge < -0.3 is 19.5 Å². The molecule has 0 atom stereocenters. The van der Waals surface area contributed by atoms with Crippen molar-refractivity contribution in [1.82, 2.24) is 4.58 Å². The second-order valence-electron chi connectivity index (χ2n) is 15.3. The molecule has 3 N–H and O–H groups in total. The van der Waals surface area contributed by atoms with Gasteiger partial charge in [-0.05, 0) is 112 Å². The first-order chi connectivity index (χ1) is 29.9. The molecule has 1 aliphatic heterocycles. The lowest BCUT2D eigenvalue weighted by atomic mass is 9.93. The van der Waals surface area contributed by atoms with Crippen molar-refractivity contribution in [3.8, 4) is 33.9 Å². The lowest BCUT2D eigenvalue weighted by molar-refractivity contribution is 0.473. The van der Waals surface area contributed by atoms with Gasteiger partial charge in [-0.2, -0.15) is 13.0 Å². The maximum Gasteiger partial charge on any atom is 0.295 e. The number of benzene rings is 7. The Bertz CT molecular complexity index is 3030. The fourth-order valence-corrected chi connectivity index (χ4v) is 10.8. The van der Waals surface area contributed by atoms with E-state index in [1.54, 1.807) is 66.0 Å². The summed E-state index contributed by atoms with van der Waals surface area (Å²) >= 11 is 3.51. The summed E-state index contributed by atoms with van der Waals surface area (Å²) in [6, 6.07) is 46.0. The van der Waals surface area contributed by atoms with Crippen LogP contribution in [0.15, 0.2) is 165 Å². The molecule has 11 heteroatoms. The normalized spacial score (nSPS) is 12.2. The predicted molar refractivity (Wildman–Crippen MR) is 254 cm³/mol. The average molecular weight is 880 g/mol. The molecule has 0 fully saturated rings. The largest absolute Gasteiger partial charge is 0.508 e. The van der Waals surface area contributed by atoms with Crippen LogP contribution in [0.5, 0.6) is 11.5 Å². The summed E-state index contributed by atoms with van der Waals surface area (Å²) in [6.07, 6.45) is 0. The van der Waals surface area contributed by atoms with Crippen molar-refractivity contribution in [3.63, 3.8) is 0 Å². The molecule has 1 heterocycles. The van der Waals surface area contributed by atoms with Gasteiger partial charge in [-0.25, -0.2) is 0 Å². The molecule has 1 aliphatic carbocycles. The Morgan fingerprint density at radius 1 is 0.629 bits per heavy atom. The molecule has 62 heavy (non-hydrogen) atoms. The molecular formula is C51H47N2O6S3+. The smallest absolute Gasteiger partial charge is 0.295 e. The van der Waals surface area contributed by atoms with Gasteiger partial charge in [0.1, 0.15) is 27.7 Å². The van der Waals surface area contributed by atoms with Gasteiger partial charge in [0, 0.05) is 78.8 Å². The first-order valence-electron chi connectivity index (χ1n) is 20.3. The number of nitrogens with zero attached hydrogens (tertiary/aromatic N) is 2. The van der Waals surface area contributed by atoms with Crippen molar-refractivity contribution in [2.75, 3.05) is 29.5 Å². The number of phenols is 2. The maximum absolute atomic E-state index is 13.0. The van der Waals surface area contributed by atoms with Gasteiger partial charge >= 0.3 is 0 Å². The number of hydrogen-bond acceptors (Lipinski definition) is 8. The number of thioether (sulfide) groups is 2. The highest BCUT2D eigenvalue weighted by Crippen LogP contribution is 2.44. The molecule has 0 saturated carbocycles. The molecule has 8 nitrogen and oxygen atoms in total. The zero-order valence-electron chi connectivity index (χ0n) is 34.9. The highest BCUT2D eigenvalue weighted by molar-refractivity contribution is 7.99. The second kappa shape index (κ2) is 18.2. The molecule has 0 spiro atoms. The summed E-state index contributed by atoms with van der Waals surface area (Å²) < 4.78 is 45.6. The maximum atomic E-state index is 13.0. The van der Waals surface area contributed by atoms with E-state index in [0.29, 0.717) is 46.5 Å². The molecular weight excluding hydrogens is 833 g/mol. The van der Waals surface area contributed by atoms with Crippen LogP contribution in [0.1, 0.15) is 22.3 Å². The Labute approximate surface area is 370 Å². The highest BCUT2D eigenvalue weighted by Gasteiger charge is 2.26. The number of aryl methyl sites for hydroxylation is 4. The van der Waals surface area contributed by atoms with E-state index in [9.17, 15) is 23.2 Å². The molecule has 6 aromatic carbocycles. The van der Waals surface area contributed by atoms with Crippen LogP contribution < -0.4 is 14.8 Å². The first kappa shape index (κ1) is 42.7. The summed E-state index contributed by atoms with van der Waals surface area (Å²) in [5, 5.41) is 22.6. The molecule has 6 aromatic rings. The van der Waals surface area contributed by atoms with Crippen LogP contribution in [-0.4, -0.2) is 47.8 Å². The van der Waals surface area contributed by atoms with Gasteiger partial charge in [0.05, 0.1) is 11.8 Å². The van der Waals surface area contributed by atoms with Gasteiger partial charge in [-0.15, -0.1) is 23.5 Å². The van der Waals surface area contributed by atoms with Gasteiger partial charge in [-0.1, -0.05) is 54.6 Å². The fraction of sp³-hybridized carbons (Fsp3) is 0.157. The van der Waals surface area contributed by atoms with Gasteiger partial charge in [0.2, 0.25) is 11.0 Å². The molecule has 8 rings (SSSR count). The van der Waals surface area contributed by atoms with E-state index in [4.69, 9.17) is 4.42 Å². The number of anilines is 2. The minimum absolute atomic E-state index is 0.200. The van der Waals surface area contributed by atoms with Crippen molar-refractivity contribution < 1.29 is 27.6 Å². The van der Waals surface area contributed by atoms with Gasteiger partial charge in [-0.3, -0.25) is 4.55 Å². The van der Waals surface area contributed by atoms with E-state index in [-0.39, 0.29) is 16.4 Å². The summed E-state index contributed by atoms with van der Waals surface area (Å²) in [5.74, 6) is 2.45. The van der Waals surface area contributed by atoms with Crippen molar-refractivity contribution in [2.45, 2.75) is 42.4 Å². The third-order valence-electron chi connectivity index (χ3n) is 10.9. The van der Waals surface area contributed by atoms with E-state index < -0.39 is 10.1 Å². The minimum atomic E-state index is -4.62. The molecule has 0 unspecified atom stereocenters. The standard InChI is InChI=1S/C51H46N2O6S3/c1-33-27-39(54)28-34(2)50(33)52(23-25-60-41-13-7-5-8-14-41)37-19-21-43-46(31-37)59-47-32-38(20-22-44(47)49(43)45-17-11-12-18-48(45)62(56,57)58)53(24-26-61-42-15-9-6-10-16-42)51-35(3)29-40(55)30-36(51)4/h5-22,27-32H,23-26H2,1-4H3,(H2-,54,55,56,57,58)/p+1. The van der Waals surface area contributed by atoms with Crippen LogP contribution in [-0.2, 0) is 10.1 Å². The average Bonchev–Trinajstić information content (AvgIpc) is 3.24. The number of phenolic OH excluding ortho intramolecular Hbond substituents is 2. The monoisotopic (exact) mass is 879 g/mol. The summed E-state index contributed by atoms with van der Waals surface area (Å²) in [4.78, 5) is 4.36. The first-order valence-corrected chi connectivity index (χ1v) is 23.7. The molecule has 0 radical (unpaired) electrons. The Hall–Kier alpha value is -5.98. The topological polar surface area (TPSA) is 114 Å². The SMILES string of the molecule is Cc1cc(O)cc(C)c1N(CCSc1ccccc1)c1ccc2c(-c3ccccc3S(=O)(=O)O)c3ccc(=[N+](CCSc4ccccc4)c4c(C)cc(O)cc4C)cc-3oc2c1. The number of hydrogen-bond donors (Lipinski definition) is 3. The van der Waals surface area contributed by atoms with E-state index in [0.717, 1.165) is 66.0 Å². The number of aromatic hydroxyl groups is 2. The van der Waals surface area contributed by atoms with Crippen LogP contribution in [0.3, 0.4) is 0 Å². The lowest BCUT2D eigenvalue weighted by Gasteiger charge is -2.29. The Morgan fingerprint density at radius 2 is 1.21 bits per heavy atom. The van der Waals surface area contributed by atoms with E-state index in [1.807, 2.05) is 100 Å². The van der Waals surface area contributed by atoms with Crippen LogP contribution in [0.4, 0.5) is 17.1 Å². The Morgan fingerprint density at radius 3 is 1.84 bits per heavy atom. The number of fused-ring (bicyclic) bond motifs is 2. The molecule has 0 amide bonds. The third-order valence-corrected chi connectivity index (χ3v) is 13.8. The molecule has 0 aromatic heterocycles. The van der Waals surface area contributed by atoms with Crippen molar-refractivity contribution >= 4 is 61.7 Å². The molecule has 0 bridgehead atoms. The van der Waals surface area contributed by atoms with E-state index in [2.05, 4.69) is 33.7 Å². The summed E-state index contributed by atoms with van der Waals surface area (Å²) in [7, 11) is -4.62. The Balaban J connectivity index is 1.36. The van der Waals surface area contributed by atoms with Gasteiger partial charge in [0.25, 0.3) is 10.1 Å². The van der Waals surface area contributed by atoms with Gasteiger partial charge in [0.15, 0.2) is 6.54 Å². The molecule has 0 saturated heterocycles. The fourth-order valence-electron chi connectivity index (χ4n) is 8.39. The van der Waals surface area contributed by atoms with Crippen LogP contribution in [0.2, 0.25) is 0 Å². The zero-order chi connectivity index (χ0) is 43.5. The molecule has 314 valence electrons. The summed E-state index contributed by atoms with van der Waals surface area (Å²) in [6.45, 7) is 9.24. The number of rotatable bonds is 13. The molecule has 2 aliphatic rings. The van der Waals surface area contributed by atoms with Crippen molar-refractivity contribution in [2.24, 2.45) is 0 Å². The second-order valence-corrected chi connectivity index (χ2v) is 19.0. The van der Waals surface area contributed by atoms with Crippen LogP contribution >= 0.6 is 23.5 Å². The quantitative estimate of drug-likeness (QED) is 0.0451. The summed E-state index contributed by atoms with van der Waals surface area (Å²) in [5.41, 5.74) is 8.62.